The van der Waals surface area contributed by atoms with Gasteiger partial charge in [-0.05, 0) is 26.3 Å². The molecule has 0 saturated heterocycles. The molecule has 0 aliphatic heterocycles. The van der Waals surface area contributed by atoms with Crippen LogP contribution < -0.4 is 5.32 Å². The summed E-state index contributed by atoms with van der Waals surface area (Å²) in [6.45, 7) is 2.56. The van der Waals surface area contributed by atoms with E-state index in [0.29, 0.717) is 12.6 Å². The summed E-state index contributed by atoms with van der Waals surface area (Å²) in [5.41, 5.74) is 0.227. The minimum Gasteiger partial charge on any atom is -0.396 e. The highest BCUT2D eigenvalue weighted by atomic mass is 16.3. The summed E-state index contributed by atoms with van der Waals surface area (Å²) >= 11 is 0. The van der Waals surface area contributed by atoms with Crippen LogP contribution >= 0.6 is 0 Å². The van der Waals surface area contributed by atoms with Crippen molar-refractivity contribution in [2.24, 2.45) is 5.41 Å². The van der Waals surface area contributed by atoms with Gasteiger partial charge in [0.1, 0.15) is 0 Å². The predicted molar refractivity (Wildman–Crippen MR) is 51.1 cm³/mol. The lowest BCUT2D eigenvalue weighted by molar-refractivity contribution is 0.00579. The van der Waals surface area contributed by atoms with Crippen LogP contribution in [0, 0.1) is 5.41 Å². The van der Waals surface area contributed by atoms with Gasteiger partial charge in [-0.1, -0.05) is 19.8 Å². The minimum absolute atomic E-state index is 0.227. The van der Waals surface area contributed by atoms with Crippen LogP contribution in [0.4, 0.5) is 0 Å². The van der Waals surface area contributed by atoms with Gasteiger partial charge in [-0.25, -0.2) is 0 Å². The van der Waals surface area contributed by atoms with E-state index in [-0.39, 0.29) is 5.41 Å². The van der Waals surface area contributed by atoms with Gasteiger partial charge in [0.2, 0.25) is 0 Å². The minimum atomic E-state index is 0.227. The Bertz CT molecular complexity index is 126. The molecule has 0 aromatic carbocycles. The summed E-state index contributed by atoms with van der Waals surface area (Å²) in [5, 5.41) is 12.7. The van der Waals surface area contributed by atoms with Crippen molar-refractivity contribution in [1.29, 1.82) is 0 Å². The number of aliphatic hydroxyl groups excluding tert-OH is 1. The van der Waals surface area contributed by atoms with Crippen LogP contribution in [0.5, 0.6) is 0 Å². The molecule has 1 unspecified atom stereocenters. The van der Waals surface area contributed by atoms with Gasteiger partial charge in [-0.15, -0.1) is 0 Å². The van der Waals surface area contributed by atoms with E-state index in [0.717, 1.165) is 0 Å². The average molecular weight is 171 g/mol. The molecule has 0 bridgehead atoms. The molecule has 12 heavy (non-hydrogen) atoms. The largest absolute Gasteiger partial charge is 0.396 e. The molecule has 0 aromatic heterocycles. The van der Waals surface area contributed by atoms with E-state index in [1.165, 1.54) is 32.1 Å². The lowest BCUT2D eigenvalue weighted by Crippen LogP contribution is -2.50. The molecule has 1 saturated carbocycles. The van der Waals surface area contributed by atoms with Crippen molar-refractivity contribution >= 4 is 0 Å². The molecule has 0 amide bonds. The highest BCUT2D eigenvalue weighted by Gasteiger charge is 2.42. The third-order valence-corrected chi connectivity index (χ3v) is 3.33. The molecule has 0 heterocycles. The maximum Gasteiger partial charge on any atom is 0.0502 e. The van der Waals surface area contributed by atoms with E-state index < -0.39 is 0 Å². The fourth-order valence-electron chi connectivity index (χ4n) is 2.29. The molecule has 2 nitrogen and oxygen atoms in total. The second-order valence-electron chi connectivity index (χ2n) is 4.00. The lowest BCUT2D eigenvalue weighted by Gasteiger charge is -2.46. The first-order valence-corrected chi connectivity index (χ1v) is 5.07. The van der Waals surface area contributed by atoms with Crippen LogP contribution in [0.1, 0.15) is 39.0 Å². The van der Waals surface area contributed by atoms with Crippen molar-refractivity contribution < 1.29 is 5.11 Å². The van der Waals surface area contributed by atoms with Crippen molar-refractivity contribution in [3.8, 4) is 0 Å². The maximum atomic E-state index is 9.32. The second-order valence-corrected chi connectivity index (χ2v) is 4.00. The van der Waals surface area contributed by atoms with Gasteiger partial charge >= 0.3 is 0 Å². The molecule has 72 valence electrons. The number of hydrogen-bond acceptors (Lipinski definition) is 2. The zero-order valence-corrected chi connectivity index (χ0v) is 8.27. The molecule has 1 rings (SSSR count). The number of nitrogens with one attached hydrogen (secondary N) is 1. The van der Waals surface area contributed by atoms with Crippen molar-refractivity contribution in [2.45, 2.75) is 45.1 Å². The number of aliphatic hydroxyl groups is 1. The molecule has 1 aliphatic carbocycles. The van der Waals surface area contributed by atoms with Gasteiger partial charge in [-0.2, -0.15) is 0 Å². The van der Waals surface area contributed by atoms with Crippen LogP contribution in [0.15, 0.2) is 0 Å². The van der Waals surface area contributed by atoms with E-state index in [1.807, 2.05) is 7.05 Å². The van der Waals surface area contributed by atoms with Crippen molar-refractivity contribution in [1.82, 2.24) is 5.32 Å². The highest BCUT2D eigenvalue weighted by Crippen LogP contribution is 2.44. The van der Waals surface area contributed by atoms with Crippen LogP contribution in [-0.2, 0) is 0 Å². The summed E-state index contributed by atoms with van der Waals surface area (Å²) in [4.78, 5) is 0. The average Bonchev–Trinajstić information content (AvgIpc) is 2.02. The van der Waals surface area contributed by atoms with E-state index in [2.05, 4.69) is 12.2 Å². The molecule has 1 aliphatic rings. The van der Waals surface area contributed by atoms with Crippen molar-refractivity contribution in [2.75, 3.05) is 13.7 Å². The summed E-state index contributed by atoms with van der Waals surface area (Å²) < 4.78 is 0. The predicted octanol–water partition coefficient (Wildman–Crippen LogP) is 1.54. The molecular weight excluding hydrogens is 150 g/mol. The van der Waals surface area contributed by atoms with Gasteiger partial charge in [0, 0.05) is 11.5 Å². The monoisotopic (exact) mass is 171 g/mol. The van der Waals surface area contributed by atoms with Crippen molar-refractivity contribution in [3.63, 3.8) is 0 Å². The normalized spacial score (nSPS) is 23.2. The van der Waals surface area contributed by atoms with Gasteiger partial charge < -0.3 is 10.4 Å². The van der Waals surface area contributed by atoms with Crippen molar-refractivity contribution in [3.05, 3.63) is 0 Å². The van der Waals surface area contributed by atoms with Crippen LogP contribution in [0.2, 0.25) is 0 Å². The fraction of sp³-hybridized carbons (Fsp3) is 1.00. The first-order valence-electron chi connectivity index (χ1n) is 5.07. The highest BCUT2D eigenvalue weighted by molar-refractivity contribution is 4.96. The van der Waals surface area contributed by atoms with E-state index >= 15 is 0 Å². The van der Waals surface area contributed by atoms with Crippen LogP contribution in [-0.4, -0.2) is 24.8 Å². The SMILES string of the molecule is CCCC(NC)C1(CO)CCC1. The summed E-state index contributed by atoms with van der Waals surface area (Å²) in [6, 6.07) is 0.529. The van der Waals surface area contributed by atoms with Gasteiger partial charge in [0.25, 0.3) is 0 Å². The number of hydrogen-bond donors (Lipinski definition) is 2. The standard InChI is InChI=1S/C10H21NO/c1-3-5-9(11-2)10(8-12)6-4-7-10/h9,11-12H,3-8H2,1-2H3. The molecule has 2 N–H and O–H groups in total. The number of rotatable bonds is 5. The smallest absolute Gasteiger partial charge is 0.0502 e. The van der Waals surface area contributed by atoms with E-state index in [9.17, 15) is 5.11 Å². The van der Waals surface area contributed by atoms with Crippen LogP contribution in [0.3, 0.4) is 0 Å². The topological polar surface area (TPSA) is 32.3 Å². The van der Waals surface area contributed by atoms with Gasteiger partial charge in [0.05, 0.1) is 6.61 Å². The Balaban J connectivity index is 2.49. The van der Waals surface area contributed by atoms with Crippen LogP contribution in [0.25, 0.3) is 0 Å². The molecule has 0 spiro atoms. The Hall–Kier alpha value is -0.0800. The molecular formula is C10H21NO. The molecule has 0 aromatic rings. The maximum absolute atomic E-state index is 9.32. The molecule has 2 heteroatoms. The summed E-state index contributed by atoms with van der Waals surface area (Å²) in [7, 11) is 2.01. The van der Waals surface area contributed by atoms with E-state index in [1.54, 1.807) is 0 Å². The second kappa shape index (κ2) is 4.24. The lowest BCUT2D eigenvalue weighted by atomic mass is 9.63. The Morgan fingerprint density at radius 3 is 2.42 bits per heavy atom. The van der Waals surface area contributed by atoms with Gasteiger partial charge in [0.15, 0.2) is 0 Å². The third-order valence-electron chi connectivity index (χ3n) is 3.33. The Labute approximate surface area is 75.4 Å². The first kappa shape index (κ1) is 10.0. The van der Waals surface area contributed by atoms with E-state index in [4.69, 9.17) is 0 Å². The van der Waals surface area contributed by atoms with Gasteiger partial charge in [-0.3, -0.25) is 0 Å². The Morgan fingerprint density at radius 2 is 2.17 bits per heavy atom. The Morgan fingerprint density at radius 1 is 1.50 bits per heavy atom. The Kier molecular flexibility index (Phi) is 3.53. The quantitative estimate of drug-likeness (QED) is 0.657. The molecule has 0 radical (unpaired) electrons. The third kappa shape index (κ3) is 1.64. The zero-order chi connectivity index (χ0) is 9.03. The first-order chi connectivity index (χ1) is 5.79. The zero-order valence-electron chi connectivity index (χ0n) is 8.27. The summed E-state index contributed by atoms with van der Waals surface area (Å²) in [5.74, 6) is 0. The summed E-state index contributed by atoms with van der Waals surface area (Å²) in [6.07, 6.45) is 6.09. The molecule has 1 fully saturated rings. The molecule has 1 atom stereocenters. The fourth-order valence-corrected chi connectivity index (χ4v) is 2.29.